The summed E-state index contributed by atoms with van der Waals surface area (Å²) in [5.74, 6) is 1.13. The van der Waals surface area contributed by atoms with Crippen LogP contribution >= 0.6 is 11.8 Å². The van der Waals surface area contributed by atoms with E-state index in [1.165, 1.54) is 0 Å². The number of ether oxygens (including phenoxy) is 1. The van der Waals surface area contributed by atoms with E-state index in [4.69, 9.17) is 4.74 Å². The number of para-hydroxylation sites is 1. The topological polar surface area (TPSA) is 79.0 Å². The molecule has 0 spiro atoms. The summed E-state index contributed by atoms with van der Waals surface area (Å²) in [6.07, 6.45) is 3.64. The largest absolute Gasteiger partial charge is 0.490 e. The van der Waals surface area contributed by atoms with Crippen molar-refractivity contribution in [1.82, 2.24) is 10.2 Å². The third-order valence-electron chi connectivity index (χ3n) is 3.49. The second-order valence-electron chi connectivity index (χ2n) is 5.16. The van der Waals surface area contributed by atoms with E-state index in [1.807, 2.05) is 48.7 Å². The van der Waals surface area contributed by atoms with Crippen molar-refractivity contribution < 1.29 is 9.53 Å². The summed E-state index contributed by atoms with van der Waals surface area (Å²) in [6.45, 7) is 4.04. The molecule has 128 valence electrons. The molecule has 1 heterocycles. The lowest BCUT2D eigenvalue weighted by molar-refractivity contribution is 0.262. The number of nitrogens with one attached hydrogen (secondary N) is 3. The van der Waals surface area contributed by atoms with Gasteiger partial charge in [0, 0.05) is 10.3 Å². The number of nitrogens with zero attached hydrogens (tertiary/aromatic N) is 1. The van der Waals surface area contributed by atoms with E-state index in [-0.39, 0.29) is 6.03 Å². The highest BCUT2D eigenvalue weighted by atomic mass is 32.2. The average Bonchev–Trinajstić information content (AvgIpc) is 3.02. The number of H-pyrrole nitrogens is 1. The fraction of sp³-hybridized carbons (Fsp3) is 0.111. The molecule has 0 fully saturated rings. The minimum atomic E-state index is -0.354. The fourth-order valence-corrected chi connectivity index (χ4v) is 2.90. The zero-order chi connectivity index (χ0) is 17.6. The summed E-state index contributed by atoms with van der Waals surface area (Å²) in [4.78, 5) is 13.3. The predicted octanol–water partition coefficient (Wildman–Crippen LogP) is 4.49. The number of hydrogen-bond acceptors (Lipinski definition) is 4. The van der Waals surface area contributed by atoms with E-state index < -0.39 is 0 Å². The third-order valence-corrected chi connectivity index (χ3v) is 4.29. The van der Waals surface area contributed by atoms with Crippen LogP contribution in [0.1, 0.15) is 0 Å². The van der Waals surface area contributed by atoms with Gasteiger partial charge in [-0.2, -0.15) is 5.10 Å². The molecule has 7 heteroatoms. The van der Waals surface area contributed by atoms with Crippen LogP contribution in [-0.4, -0.2) is 29.1 Å². The van der Waals surface area contributed by atoms with Crippen LogP contribution in [0.4, 0.5) is 16.3 Å². The molecule has 2 aromatic carbocycles. The van der Waals surface area contributed by atoms with E-state index in [0.29, 0.717) is 18.2 Å². The van der Waals surface area contributed by atoms with Crippen LogP contribution in [0.3, 0.4) is 0 Å². The summed E-state index contributed by atoms with van der Waals surface area (Å²) in [5, 5.41) is 13.4. The Kier molecular flexibility index (Phi) is 5.25. The number of carbonyl (C=O) groups excluding carboxylic acids is 1. The number of aromatic amines is 1. The van der Waals surface area contributed by atoms with Gasteiger partial charge in [0.25, 0.3) is 0 Å². The number of anilines is 2. The molecule has 3 N–H and O–H groups in total. The molecular formula is C18H18N4O2S. The molecule has 0 saturated heterocycles. The Morgan fingerprint density at radius 1 is 1.32 bits per heavy atom. The van der Waals surface area contributed by atoms with E-state index >= 15 is 0 Å². The lowest BCUT2D eigenvalue weighted by Crippen LogP contribution is -2.20. The second-order valence-corrected chi connectivity index (χ2v) is 6.01. The molecule has 0 saturated carbocycles. The monoisotopic (exact) mass is 354 g/mol. The van der Waals surface area contributed by atoms with Crippen molar-refractivity contribution in [3.63, 3.8) is 0 Å². The maximum atomic E-state index is 12.3. The smallest absolute Gasteiger partial charge is 0.324 e. The predicted molar refractivity (Wildman–Crippen MR) is 103 cm³/mol. The van der Waals surface area contributed by atoms with Gasteiger partial charge < -0.3 is 10.1 Å². The van der Waals surface area contributed by atoms with Crippen LogP contribution in [0.15, 0.2) is 60.0 Å². The standard InChI is InChI=1S/C18H18N4O2S/c1-3-10-24-12-8-9-14-13(11-12)17(22-21-14)20-18(23)19-15-6-4-5-7-16(15)25-2/h3-9,11H,1,10H2,2H3,(H3,19,20,21,22,23). The lowest BCUT2D eigenvalue weighted by atomic mass is 10.2. The second kappa shape index (κ2) is 7.76. The summed E-state index contributed by atoms with van der Waals surface area (Å²) in [5.41, 5.74) is 1.56. The normalized spacial score (nSPS) is 10.4. The van der Waals surface area contributed by atoms with Gasteiger partial charge in [0.1, 0.15) is 12.4 Å². The first-order valence-electron chi connectivity index (χ1n) is 7.64. The number of amides is 2. The molecule has 3 aromatic rings. The van der Waals surface area contributed by atoms with Crippen molar-refractivity contribution in [2.45, 2.75) is 4.90 Å². The molecule has 0 aliphatic rings. The zero-order valence-corrected chi connectivity index (χ0v) is 14.5. The number of fused-ring (bicyclic) bond motifs is 1. The molecule has 6 nitrogen and oxygen atoms in total. The number of carbonyl (C=O) groups is 1. The minimum Gasteiger partial charge on any atom is -0.490 e. The minimum absolute atomic E-state index is 0.354. The molecule has 0 radical (unpaired) electrons. The Hall–Kier alpha value is -2.93. The number of urea groups is 1. The van der Waals surface area contributed by atoms with Crippen LogP contribution in [-0.2, 0) is 0 Å². The first kappa shape index (κ1) is 16.9. The van der Waals surface area contributed by atoms with E-state index in [2.05, 4.69) is 27.4 Å². The number of aromatic nitrogens is 2. The van der Waals surface area contributed by atoms with Crippen LogP contribution in [0.2, 0.25) is 0 Å². The van der Waals surface area contributed by atoms with Crippen LogP contribution in [0, 0.1) is 0 Å². The highest BCUT2D eigenvalue weighted by molar-refractivity contribution is 7.98. The zero-order valence-electron chi connectivity index (χ0n) is 13.7. The van der Waals surface area contributed by atoms with Gasteiger partial charge in [0.15, 0.2) is 5.82 Å². The van der Waals surface area contributed by atoms with Crippen LogP contribution in [0.25, 0.3) is 10.9 Å². The van der Waals surface area contributed by atoms with Gasteiger partial charge in [-0.3, -0.25) is 10.4 Å². The third kappa shape index (κ3) is 3.95. The van der Waals surface area contributed by atoms with Crippen LogP contribution < -0.4 is 15.4 Å². The molecule has 2 amide bonds. The molecule has 0 aliphatic carbocycles. The summed E-state index contributed by atoms with van der Waals surface area (Å²) < 4.78 is 5.53. The Bertz CT molecular complexity index is 907. The molecule has 0 unspecified atom stereocenters. The Labute approximate surface area is 149 Å². The Morgan fingerprint density at radius 3 is 2.96 bits per heavy atom. The maximum Gasteiger partial charge on any atom is 0.324 e. The van der Waals surface area contributed by atoms with Crippen molar-refractivity contribution in [3.8, 4) is 5.75 Å². The van der Waals surface area contributed by atoms with Gasteiger partial charge >= 0.3 is 6.03 Å². The maximum absolute atomic E-state index is 12.3. The quantitative estimate of drug-likeness (QED) is 0.450. The van der Waals surface area contributed by atoms with Gasteiger partial charge in [-0.1, -0.05) is 24.8 Å². The van der Waals surface area contributed by atoms with E-state index in [0.717, 1.165) is 21.5 Å². The molecule has 3 rings (SSSR count). The SMILES string of the molecule is C=CCOc1ccc2[nH]nc(NC(=O)Nc3ccccc3SC)c2c1. The Balaban J connectivity index is 1.77. The van der Waals surface area contributed by atoms with Crippen LogP contribution in [0.5, 0.6) is 5.75 Å². The first-order chi connectivity index (χ1) is 12.2. The Morgan fingerprint density at radius 2 is 2.16 bits per heavy atom. The summed E-state index contributed by atoms with van der Waals surface area (Å²) in [7, 11) is 0. The first-order valence-corrected chi connectivity index (χ1v) is 8.86. The molecule has 0 aliphatic heterocycles. The van der Waals surface area contributed by atoms with Gasteiger partial charge in [-0.25, -0.2) is 4.79 Å². The van der Waals surface area contributed by atoms with Crippen molar-refractivity contribution in [2.75, 3.05) is 23.5 Å². The van der Waals surface area contributed by atoms with Crippen molar-refractivity contribution in [2.24, 2.45) is 0 Å². The number of hydrogen-bond donors (Lipinski definition) is 3. The molecule has 0 bridgehead atoms. The van der Waals surface area contributed by atoms with Gasteiger partial charge in [-0.05, 0) is 36.6 Å². The average molecular weight is 354 g/mol. The van der Waals surface area contributed by atoms with Gasteiger partial charge in [0.2, 0.25) is 0 Å². The van der Waals surface area contributed by atoms with E-state index in [9.17, 15) is 4.79 Å². The highest BCUT2D eigenvalue weighted by Gasteiger charge is 2.11. The number of thioether (sulfide) groups is 1. The van der Waals surface area contributed by atoms with Crippen molar-refractivity contribution >= 4 is 40.2 Å². The van der Waals surface area contributed by atoms with Crippen molar-refractivity contribution in [3.05, 3.63) is 55.1 Å². The molecule has 0 atom stereocenters. The molecule has 25 heavy (non-hydrogen) atoms. The van der Waals surface area contributed by atoms with Gasteiger partial charge in [0.05, 0.1) is 11.2 Å². The lowest BCUT2D eigenvalue weighted by Gasteiger charge is -2.09. The molecular weight excluding hydrogens is 336 g/mol. The number of benzene rings is 2. The summed E-state index contributed by atoms with van der Waals surface area (Å²) in [6, 6.07) is 12.8. The fourth-order valence-electron chi connectivity index (χ4n) is 2.34. The van der Waals surface area contributed by atoms with Gasteiger partial charge in [-0.15, -0.1) is 11.8 Å². The summed E-state index contributed by atoms with van der Waals surface area (Å²) >= 11 is 1.57. The van der Waals surface area contributed by atoms with Crippen molar-refractivity contribution in [1.29, 1.82) is 0 Å². The number of rotatable bonds is 6. The highest BCUT2D eigenvalue weighted by Crippen LogP contribution is 2.27. The van der Waals surface area contributed by atoms with E-state index in [1.54, 1.807) is 17.8 Å². The molecule has 1 aromatic heterocycles.